The van der Waals surface area contributed by atoms with E-state index in [-0.39, 0.29) is 67.2 Å². The number of amides is 2. The Bertz CT molecular complexity index is 1800. The molecule has 2 amide bonds. The third kappa shape index (κ3) is 7.64. The van der Waals surface area contributed by atoms with Gasteiger partial charge in [0.25, 0.3) is 10.2 Å². The standard InChI is InChI=1S/C34H38F4N6O4S/c1-21(45)41-28-6-9-43(10-7-28)49(47,48)44-11-8-39-20-34(44)17-24(34)14-30-31(38)18-40-19-32(30)42-33(46)16-29(22-2-4-25(35)5-3-22)23-12-26(36)15-27(37)13-23/h2-5,12-13,15,18-19,24,28-29,39H,6-11,14,16-17,20H2,1H3,(H,41,45)(H,42,46)/t24-,29+,34+/m1/s1. The van der Waals surface area contributed by atoms with Gasteiger partial charge in [0, 0.05) is 69.7 Å². The summed E-state index contributed by atoms with van der Waals surface area (Å²) in [6.45, 7) is 3.08. The molecule has 3 aliphatic rings. The molecule has 3 heterocycles. The zero-order valence-electron chi connectivity index (χ0n) is 26.9. The van der Waals surface area contributed by atoms with Crippen LogP contribution in [0.2, 0.25) is 0 Å². The van der Waals surface area contributed by atoms with Crippen LogP contribution in [0.3, 0.4) is 0 Å². The zero-order valence-corrected chi connectivity index (χ0v) is 27.7. The number of piperazine rings is 1. The highest BCUT2D eigenvalue weighted by Gasteiger charge is 2.63. The van der Waals surface area contributed by atoms with E-state index in [2.05, 4.69) is 20.9 Å². The van der Waals surface area contributed by atoms with Crippen LogP contribution in [0, 0.1) is 29.2 Å². The SMILES string of the molecule is CC(=O)NC1CCN(S(=O)(=O)N2CCNC[C@]23C[C@H]3Cc2c(F)cncc2NC(=O)C[C@@H](c2ccc(F)cc2)c2cc(F)cc(F)c2)CC1. The second kappa shape index (κ2) is 14.1. The van der Waals surface area contributed by atoms with E-state index in [4.69, 9.17) is 0 Å². The maximum absolute atomic E-state index is 15.4. The van der Waals surface area contributed by atoms with Crippen molar-refractivity contribution in [3.05, 3.63) is 94.8 Å². The largest absolute Gasteiger partial charge is 0.354 e. The topological polar surface area (TPSA) is 124 Å². The minimum atomic E-state index is -3.86. The lowest BCUT2D eigenvalue weighted by Gasteiger charge is -2.41. The van der Waals surface area contributed by atoms with Gasteiger partial charge in [0.1, 0.15) is 23.3 Å². The molecule has 10 nitrogen and oxygen atoms in total. The van der Waals surface area contributed by atoms with Crippen LogP contribution in [0.1, 0.15) is 55.2 Å². The molecule has 1 aromatic heterocycles. The summed E-state index contributed by atoms with van der Waals surface area (Å²) in [5, 5.41) is 8.85. The van der Waals surface area contributed by atoms with Gasteiger partial charge in [-0.1, -0.05) is 12.1 Å². The maximum Gasteiger partial charge on any atom is 0.282 e. The average Bonchev–Trinajstić information content (AvgIpc) is 3.72. The molecule has 15 heteroatoms. The molecule has 0 bridgehead atoms. The Labute approximate surface area is 282 Å². The molecule has 6 rings (SSSR count). The van der Waals surface area contributed by atoms with E-state index in [1.165, 1.54) is 46.0 Å². The van der Waals surface area contributed by atoms with Crippen molar-refractivity contribution < 1.29 is 35.6 Å². The summed E-state index contributed by atoms with van der Waals surface area (Å²) < 4.78 is 88.3. The molecule has 3 atom stereocenters. The van der Waals surface area contributed by atoms with E-state index in [0.717, 1.165) is 18.3 Å². The molecule has 1 saturated carbocycles. The van der Waals surface area contributed by atoms with Crippen LogP contribution in [-0.4, -0.2) is 78.1 Å². The molecule has 2 aliphatic heterocycles. The van der Waals surface area contributed by atoms with Crippen molar-refractivity contribution in [2.75, 3.05) is 38.0 Å². The minimum absolute atomic E-state index is 0.0844. The number of hydrogen-bond acceptors (Lipinski definition) is 6. The number of carbonyl (C=O) groups excluding carboxylic acids is 2. The first kappa shape index (κ1) is 34.9. The summed E-state index contributed by atoms with van der Waals surface area (Å²) >= 11 is 0. The third-order valence-electron chi connectivity index (χ3n) is 9.76. The van der Waals surface area contributed by atoms with Crippen molar-refractivity contribution in [2.24, 2.45) is 5.92 Å². The summed E-state index contributed by atoms with van der Waals surface area (Å²) in [5.74, 6) is -4.71. The summed E-state index contributed by atoms with van der Waals surface area (Å²) in [5.41, 5.74) is 0.109. The predicted molar refractivity (Wildman–Crippen MR) is 173 cm³/mol. The number of carbonyl (C=O) groups is 2. The number of hydrogen-bond donors (Lipinski definition) is 3. The molecule has 2 aromatic carbocycles. The Hall–Kier alpha value is -3.92. The molecule has 1 spiro atoms. The van der Waals surface area contributed by atoms with E-state index in [1.54, 1.807) is 0 Å². The van der Waals surface area contributed by atoms with Crippen LogP contribution in [-0.2, 0) is 26.2 Å². The first-order chi connectivity index (χ1) is 23.4. The molecule has 1 aliphatic carbocycles. The van der Waals surface area contributed by atoms with Crippen LogP contribution < -0.4 is 16.0 Å². The van der Waals surface area contributed by atoms with Gasteiger partial charge in [-0.15, -0.1) is 0 Å². The van der Waals surface area contributed by atoms with Gasteiger partial charge >= 0.3 is 0 Å². The molecule has 3 fully saturated rings. The van der Waals surface area contributed by atoms with Gasteiger partial charge in [-0.3, -0.25) is 14.6 Å². The number of benzene rings is 2. The Balaban J connectivity index is 1.18. The lowest BCUT2D eigenvalue weighted by atomic mass is 9.88. The van der Waals surface area contributed by atoms with Gasteiger partial charge < -0.3 is 16.0 Å². The highest BCUT2D eigenvalue weighted by atomic mass is 32.2. The second-order valence-electron chi connectivity index (χ2n) is 13.0. The van der Waals surface area contributed by atoms with Gasteiger partial charge in [-0.05, 0) is 67.0 Å². The number of rotatable bonds is 10. The molecule has 2 saturated heterocycles. The first-order valence-corrected chi connectivity index (χ1v) is 17.6. The van der Waals surface area contributed by atoms with Gasteiger partial charge in [-0.2, -0.15) is 17.0 Å². The number of aromatic nitrogens is 1. The van der Waals surface area contributed by atoms with E-state index in [1.807, 2.05) is 0 Å². The highest BCUT2D eigenvalue weighted by molar-refractivity contribution is 7.86. The van der Waals surface area contributed by atoms with E-state index >= 15 is 4.39 Å². The number of halogens is 4. The van der Waals surface area contributed by atoms with Crippen molar-refractivity contribution >= 4 is 27.7 Å². The average molecular weight is 703 g/mol. The highest BCUT2D eigenvalue weighted by Crippen LogP contribution is 2.53. The van der Waals surface area contributed by atoms with Gasteiger partial charge in [0.05, 0.1) is 23.6 Å². The smallest absolute Gasteiger partial charge is 0.282 e. The zero-order chi connectivity index (χ0) is 34.9. The Morgan fingerprint density at radius 2 is 1.67 bits per heavy atom. The number of piperidine rings is 1. The molecular formula is C34H38F4N6O4S. The monoisotopic (exact) mass is 702 g/mol. The summed E-state index contributed by atoms with van der Waals surface area (Å²) in [7, 11) is -3.86. The molecule has 0 radical (unpaired) electrons. The van der Waals surface area contributed by atoms with Gasteiger partial charge in [0.2, 0.25) is 11.8 Å². The Morgan fingerprint density at radius 3 is 2.35 bits per heavy atom. The lowest BCUT2D eigenvalue weighted by molar-refractivity contribution is -0.120. The molecule has 262 valence electrons. The fourth-order valence-corrected chi connectivity index (χ4v) is 9.28. The van der Waals surface area contributed by atoms with Crippen molar-refractivity contribution in [1.82, 2.24) is 24.2 Å². The van der Waals surface area contributed by atoms with Gasteiger partial charge in [-0.25, -0.2) is 17.6 Å². The Morgan fingerprint density at radius 1 is 0.980 bits per heavy atom. The minimum Gasteiger partial charge on any atom is -0.354 e. The van der Waals surface area contributed by atoms with Gasteiger partial charge in [0.15, 0.2) is 0 Å². The first-order valence-electron chi connectivity index (χ1n) is 16.2. The van der Waals surface area contributed by atoms with Crippen LogP contribution >= 0.6 is 0 Å². The predicted octanol–water partition coefficient (Wildman–Crippen LogP) is 3.85. The van der Waals surface area contributed by atoms with Crippen molar-refractivity contribution in [2.45, 2.75) is 56.5 Å². The van der Waals surface area contributed by atoms with Crippen LogP contribution in [0.25, 0.3) is 0 Å². The quantitative estimate of drug-likeness (QED) is 0.276. The van der Waals surface area contributed by atoms with E-state index in [9.17, 15) is 31.2 Å². The summed E-state index contributed by atoms with van der Waals surface area (Å²) in [6.07, 6.45) is 3.65. The fraction of sp³-hybridized carbons (Fsp3) is 0.441. The number of nitrogens with one attached hydrogen (secondary N) is 3. The van der Waals surface area contributed by atoms with Crippen molar-refractivity contribution in [3.63, 3.8) is 0 Å². The second-order valence-corrected chi connectivity index (χ2v) is 14.9. The lowest BCUT2D eigenvalue weighted by Crippen LogP contribution is -2.61. The fourth-order valence-electron chi connectivity index (χ4n) is 7.26. The molecule has 3 N–H and O–H groups in total. The Kier molecular flexibility index (Phi) is 10.1. The van der Waals surface area contributed by atoms with Crippen molar-refractivity contribution in [3.8, 4) is 0 Å². The summed E-state index contributed by atoms with van der Waals surface area (Å²) in [6, 6.07) is 8.08. The van der Waals surface area contributed by atoms with Crippen molar-refractivity contribution in [1.29, 1.82) is 0 Å². The number of nitrogens with zero attached hydrogens (tertiary/aromatic N) is 3. The number of pyridine rings is 1. The summed E-state index contributed by atoms with van der Waals surface area (Å²) in [4.78, 5) is 28.8. The van der Waals surface area contributed by atoms with Crippen LogP contribution in [0.5, 0.6) is 0 Å². The molecule has 49 heavy (non-hydrogen) atoms. The number of anilines is 1. The molecule has 3 aromatic rings. The molecular weight excluding hydrogens is 664 g/mol. The third-order valence-corrected chi connectivity index (χ3v) is 11.9. The van der Waals surface area contributed by atoms with Crippen LogP contribution in [0.15, 0.2) is 54.9 Å². The van der Waals surface area contributed by atoms with E-state index < -0.39 is 50.8 Å². The van der Waals surface area contributed by atoms with E-state index in [0.29, 0.717) is 44.0 Å². The van der Waals surface area contributed by atoms with Crippen LogP contribution in [0.4, 0.5) is 23.2 Å². The molecule has 0 unspecified atom stereocenters. The normalized spacial score (nSPS) is 22.5. The maximum atomic E-state index is 15.4.